The lowest BCUT2D eigenvalue weighted by atomic mass is 9.88. The third-order valence-electron chi connectivity index (χ3n) is 3.19. The molecule has 16 heavy (non-hydrogen) atoms. The molecular formula is C13H19N3. The summed E-state index contributed by atoms with van der Waals surface area (Å²) in [5, 5.41) is 0. The summed E-state index contributed by atoms with van der Waals surface area (Å²) >= 11 is 0. The second kappa shape index (κ2) is 3.06. The van der Waals surface area contributed by atoms with Gasteiger partial charge in [0.05, 0.1) is 5.52 Å². The van der Waals surface area contributed by atoms with Gasteiger partial charge in [-0.05, 0) is 29.9 Å². The third kappa shape index (κ3) is 1.60. The second-order valence-electron chi connectivity index (χ2n) is 5.74. The van der Waals surface area contributed by atoms with Gasteiger partial charge in [-0.1, -0.05) is 20.8 Å². The highest BCUT2D eigenvalue weighted by atomic mass is 15.0. The highest BCUT2D eigenvalue weighted by Crippen LogP contribution is 2.39. The smallest absolute Gasteiger partial charge is 0.177 e. The molecule has 1 saturated carbocycles. The molecule has 3 nitrogen and oxygen atoms in total. The minimum Gasteiger partial charge on any atom is -0.340 e. The van der Waals surface area contributed by atoms with Crippen LogP contribution in [0.2, 0.25) is 0 Å². The molecule has 1 fully saturated rings. The van der Waals surface area contributed by atoms with Crippen molar-refractivity contribution in [1.29, 1.82) is 0 Å². The highest BCUT2D eigenvalue weighted by molar-refractivity contribution is 5.71. The summed E-state index contributed by atoms with van der Waals surface area (Å²) in [4.78, 5) is 12.4. The number of rotatable bonds is 1. The molecule has 0 aliphatic heterocycles. The Hall–Kier alpha value is -1.38. The zero-order valence-electron chi connectivity index (χ0n) is 10.0. The van der Waals surface area contributed by atoms with E-state index in [0.29, 0.717) is 5.92 Å². The predicted molar refractivity (Wildman–Crippen MR) is 66.7 cm³/mol. The molecule has 0 spiro atoms. The standard InChI is InChI=1S/C13H17N3.H2/c1-13(2,3)9-6-10-12(14-7-9)16-11(15-10)8-4-5-8;/h6-8H,4-5H2,1-3H3,(H,14,15,16);1H. The van der Waals surface area contributed by atoms with Crippen LogP contribution in [0.3, 0.4) is 0 Å². The third-order valence-corrected chi connectivity index (χ3v) is 3.19. The van der Waals surface area contributed by atoms with Gasteiger partial charge in [0.25, 0.3) is 0 Å². The van der Waals surface area contributed by atoms with Gasteiger partial charge in [0.1, 0.15) is 5.82 Å². The number of hydrogen-bond donors (Lipinski definition) is 1. The summed E-state index contributed by atoms with van der Waals surface area (Å²) in [6.07, 6.45) is 4.48. The average molecular weight is 217 g/mol. The first kappa shape index (κ1) is 9.82. The number of nitrogens with one attached hydrogen (secondary N) is 1. The first-order valence-electron chi connectivity index (χ1n) is 5.90. The van der Waals surface area contributed by atoms with Crippen molar-refractivity contribution >= 4 is 11.2 Å². The van der Waals surface area contributed by atoms with Gasteiger partial charge in [-0.15, -0.1) is 0 Å². The van der Waals surface area contributed by atoms with Crippen LogP contribution in [0.5, 0.6) is 0 Å². The fourth-order valence-electron chi connectivity index (χ4n) is 1.88. The van der Waals surface area contributed by atoms with Crippen molar-refractivity contribution in [3.8, 4) is 0 Å². The summed E-state index contributed by atoms with van der Waals surface area (Å²) in [6.45, 7) is 6.61. The van der Waals surface area contributed by atoms with Crippen LogP contribution in [-0.4, -0.2) is 15.0 Å². The van der Waals surface area contributed by atoms with Gasteiger partial charge in [0.15, 0.2) is 5.65 Å². The lowest BCUT2D eigenvalue weighted by molar-refractivity contribution is 0.588. The zero-order valence-corrected chi connectivity index (χ0v) is 10.0. The molecule has 1 N–H and O–H groups in total. The van der Waals surface area contributed by atoms with Crippen molar-refractivity contribution in [2.45, 2.75) is 44.9 Å². The van der Waals surface area contributed by atoms with Gasteiger partial charge >= 0.3 is 0 Å². The van der Waals surface area contributed by atoms with Crippen molar-refractivity contribution in [3.05, 3.63) is 23.7 Å². The van der Waals surface area contributed by atoms with Gasteiger partial charge in [0, 0.05) is 13.5 Å². The van der Waals surface area contributed by atoms with Gasteiger partial charge < -0.3 is 4.98 Å². The van der Waals surface area contributed by atoms with E-state index in [9.17, 15) is 0 Å². The Balaban J connectivity index is 0.00000108. The molecule has 0 unspecified atom stereocenters. The summed E-state index contributed by atoms with van der Waals surface area (Å²) in [7, 11) is 0. The zero-order chi connectivity index (χ0) is 11.3. The molecule has 0 aromatic carbocycles. The molecule has 3 rings (SSSR count). The van der Waals surface area contributed by atoms with Crippen molar-refractivity contribution in [1.82, 2.24) is 15.0 Å². The Bertz CT molecular complexity index is 535. The molecule has 0 radical (unpaired) electrons. The maximum Gasteiger partial charge on any atom is 0.177 e. The van der Waals surface area contributed by atoms with Crippen molar-refractivity contribution in [2.75, 3.05) is 0 Å². The monoisotopic (exact) mass is 217 g/mol. The van der Waals surface area contributed by atoms with E-state index in [0.717, 1.165) is 17.0 Å². The molecule has 0 saturated heterocycles. The van der Waals surface area contributed by atoms with Crippen LogP contribution in [0.4, 0.5) is 0 Å². The van der Waals surface area contributed by atoms with E-state index >= 15 is 0 Å². The summed E-state index contributed by atoms with van der Waals surface area (Å²) in [5.74, 6) is 1.78. The van der Waals surface area contributed by atoms with Gasteiger partial charge in [0.2, 0.25) is 0 Å². The summed E-state index contributed by atoms with van der Waals surface area (Å²) in [5.41, 5.74) is 3.33. The van der Waals surface area contributed by atoms with E-state index < -0.39 is 0 Å². The number of pyridine rings is 1. The second-order valence-corrected chi connectivity index (χ2v) is 5.74. The maximum absolute atomic E-state index is 4.53. The van der Waals surface area contributed by atoms with E-state index in [1.165, 1.54) is 18.4 Å². The van der Waals surface area contributed by atoms with Crippen LogP contribution < -0.4 is 0 Å². The van der Waals surface area contributed by atoms with E-state index in [-0.39, 0.29) is 6.84 Å². The van der Waals surface area contributed by atoms with Crippen LogP contribution in [0.25, 0.3) is 11.2 Å². The number of aromatic amines is 1. The molecule has 2 heterocycles. The van der Waals surface area contributed by atoms with E-state index in [1.54, 1.807) is 0 Å². The Morgan fingerprint density at radius 1 is 1.38 bits per heavy atom. The molecule has 2 aromatic rings. The van der Waals surface area contributed by atoms with Gasteiger partial charge in [-0.3, -0.25) is 0 Å². The van der Waals surface area contributed by atoms with Crippen LogP contribution in [0.1, 0.15) is 52.3 Å². The fourth-order valence-corrected chi connectivity index (χ4v) is 1.88. The molecule has 0 atom stereocenters. The molecule has 1 aliphatic carbocycles. The van der Waals surface area contributed by atoms with Crippen LogP contribution in [0, 0.1) is 0 Å². The Labute approximate surface area is 96.8 Å². The van der Waals surface area contributed by atoms with Gasteiger partial charge in [-0.2, -0.15) is 0 Å². The molecular weight excluding hydrogens is 198 g/mol. The SMILES string of the molecule is CC(C)(C)c1cnc2nc(C3CC3)[nH]c2c1.[HH]. The average Bonchev–Trinajstić information content (AvgIpc) is 2.96. The highest BCUT2D eigenvalue weighted by Gasteiger charge is 2.27. The number of H-pyrrole nitrogens is 1. The number of hydrogen-bond acceptors (Lipinski definition) is 2. The molecule has 1 aliphatic rings. The summed E-state index contributed by atoms with van der Waals surface area (Å²) in [6, 6.07) is 2.18. The lowest BCUT2D eigenvalue weighted by Gasteiger charge is -2.17. The lowest BCUT2D eigenvalue weighted by Crippen LogP contribution is -2.11. The summed E-state index contributed by atoms with van der Waals surface area (Å²) < 4.78 is 0. The quantitative estimate of drug-likeness (QED) is 0.795. The molecule has 0 bridgehead atoms. The largest absolute Gasteiger partial charge is 0.340 e. The number of aromatic nitrogens is 3. The first-order chi connectivity index (χ1) is 7.54. The minimum atomic E-state index is 0. The molecule has 86 valence electrons. The number of nitrogens with zero attached hydrogens (tertiary/aromatic N) is 2. The van der Waals surface area contributed by atoms with E-state index in [1.807, 2.05) is 6.20 Å². The molecule has 2 aromatic heterocycles. The van der Waals surface area contributed by atoms with Crippen molar-refractivity contribution < 1.29 is 1.43 Å². The van der Waals surface area contributed by atoms with E-state index in [4.69, 9.17) is 0 Å². The Morgan fingerprint density at radius 2 is 2.12 bits per heavy atom. The number of fused-ring (bicyclic) bond motifs is 1. The van der Waals surface area contributed by atoms with Crippen LogP contribution in [0.15, 0.2) is 12.3 Å². The Morgan fingerprint density at radius 3 is 2.75 bits per heavy atom. The molecule has 0 amide bonds. The van der Waals surface area contributed by atoms with Gasteiger partial charge in [-0.25, -0.2) is 9.97 Å². The molecule has 3 heteroatoms. The van der Waals surface area contributed by atoms with Crippen LogP contribution >= 0.6 is 0 Å². The minimum absolute atomic E-state index is 0. The maximum atomic E-state index is 4.53. The first-order valence-corrected chi connectivity index (χ1v) is 5.90. The van der Waals surface area contributed by atoms with Crippen molar-refractivity contribution in [3.63, 3.8) is 0 Å². The predicted octanol–water partition coefficient (Wildman–Crippen LogP) is 3.38. The van der Waals surface area contributed by atoms with Crippen LogP contribution in [-0.2, 0) is 5.41 Å². The fraction of sp³-hybridized carbons (Fsp3) is 0.538. The topological polar surface area (TPSA) is 41.6 Å². The Kier molecular flexibility index (Phi) is 1.88. The normalized spacial score (nSPS) is 16.9. The van der Waals surface area contributed by atoms with E-state index in [2.05, 4.69) is 41.8 Å². The number of imidazole rings is 1. The van der Waals surface area contributed by atoms with Crippen molar-refractivity contribution in [2.24, 2.45) is 0 Å².